The first-order valence-corrected chi connectivity index (χ1v) is 8.64. The Labute approximate surface area is 155 Å². The van der Waals surface area contributed by atoms with Gasteiger partial charge in [0, 0.05) is 36.1 Å². The van der Waals surface area contributed by atoms with Crippen molar-refractivity contribution in [1.29, 1.82) is 0 Å². The van der Waals surface area contributed by atoms with Crippen LogP contribution in [0.3, 0.4) is 0 Å². The van der Waals surface area contributed by atoms with E-state index >= 15 is 0 Å². The lowest BCUT2D eigenvalue weighted by molar-refractivity contribution is 0.117. The molecule has 0 radical (unpaired) electrons. The second-order valence-corrected chi connectivity index (χ2v) is 6.01. The first kappa shape index (κ1) is 17.1. The average molecular weight is 365 g/mol. The highest BCUT2D eigenvalue weighted by Crippen LogP contribution is 2.39. The zero-order valence-electron chi connectivity index (χ0n) is 14.5. The number of nitrogens with zero attached hydrogens (tertiary/aromatic N) is 3. The molecule has 27 heavy (non-hydrogen) atoms. The summed E-state index contributed by atoms with van der Waals surface area (Å²) in [5, 5.41) is 0. The van der Waals surface area contributed by atoms with Crippen LogP contribution in [0.25, 0.3) is 33.4 Å². The van der Waals surface area contributed by atoms with E-state index < -0.39 is 6.67 Å². The molecule has 0 saturated heterocycles. The summed E-state index contributed by atoms with van der Waals surface area (Å²) in [6, 6.07) is 13.7. The van der Waals surface area contributed by atoms with Gasteiger partial charge in [-0.3, -0.25) is 14.4 Å². The largest absolute Gasteiger partial charge is 0.413 e. The van der Waals surface area contributed by atoms with Gasteiger partial charge in [0.05, 0.1) is 12.4 Å². The van der Waals surface area contributed by atoms with E-state index in [0.29, 0.717) is 6.42 Å². The number of halogens is 2. The molecule has 6 heteroatoms. The van der Waals surface area contributed by atoms with Crippen LogP contribution in [0.2, 0.25) is 0 Å². The molecule has 0 aliphatic carbocycles. The second kappa shape index (κ2) is 7.53. The third-order valence-corrected chi connectivity index (χ3v) is 4.27. The van der Waals surface area contributed by atoms with Gasteiger partial charge in [0.1, 0.15) is 23.5 Å². The summed E-state index contributed by atoms with van der Waals surface area (Å²) in [5.74, 6) is -0.305. The second-order valence-electron chi connectivity index (χ2n) is 6.01. The molecule has 0 N–H and O–H groups in total. The minimum Gasteiger partial charge on any atom is -0.413 e. The van der Waals surface area contributed by atoms with Crippen molar-refractivity contribution >= 4 is 11.0 Å². The molecule has 0 bridgehead atoms. The summed E-state index contributed by atoms with van der Waals surface area (Å²) >= 11 is 0. The molecule has 0 atom stereocenters. The third kappa shape index (κ3) is 3.26. The smallest absolute Gasteiger partial charge is 0.123 e. The normalized spacial score (nSPS) is 11.0. The Hall–Kier alpha value is -3.28. The minimum atomic E-state index is -0.452. The van der Waals surface area contributed by atoms with Crippen molar-refractivity contribution in [2.45, 2.75) is 6.42 Å². The van der Waals surface area contributed by atoms with Gasteiger partial charge in [-0.1, -0.05) is 12.1 Å². The standard InChI is InChI=1S/C21H17F2N3O/c22-10-2-14-27-26-18-3-1-11-25-20(18)19(15-4-6-17(23)7-5-15)21(26)16-8-12-24-13-9-16/h1,3-9,11-13H,2,10,14H2. The van der Waals surface area contributed by atoms with Gasteiger partial charge in [0.25, 0.3) is 0 Å². The van der Waals surface area contributed by atoms with Gasteiger partial charge < -0.3 is 4.84 Å². The third-order valence-electron chi connectivity index (χ3n) is 4.27. The van der Waals surface area contributed by atoms with E-state index in [9.17, 15) is 8.78 Å². The average Bonchev–Trinajstić information content (AvgIpc) is 3.04. The Kier molecular flexibility index (Phi) is 4.78. The summed E-state index contributed by atoms with van der Waals surface area (Å²) in [7, 11) is 0. The van der Waals surface area contributed by atoms with Crippen LogP contribution in [-0.4, -0.2) is 28.0 Å². The van der Waals surface area contributed by atoms with E-state index in [1.54, 1.807) is 35.5 Å². The maximum absolute atomic E-state index is 13.5. The van der Waals surface area contributed by atoms with E-state index in [0.717, 1.165) is 33.4 Å². The molecule has 4 aromatic rings. The molecule has 0 amide bonds. The molecule has 4 nitrogen and oxygen atoms in total. The quantitative estimate of drug-likeness (QED) is 0.465. The zero-order chi connectivity index (χ0) is 18.6. The van der Waals surface area contributed by atoms with Crippen LogP contribution < -0.4 is 4.84 Å². The fourth-order valence-electron chi connectivity index (χ4n) is 3.09. The number of hydrogen-bond acceptors (Lipinski definition) is 3. The van der Waals surface area contributed by atoms with E-state index in [2.05, 4.69) is 9.97 Å². The van der Waals surface area contributed by atoms with Crippen molar-refractivity contribution < 1.29 is 13.6 Å². The molecule has 0 unspecified atom stereocenters. The van der Waals surface area contributed by atoms with Crippen molar-refractivity contribution in [3.05, 3.63) is 72.9 Å². The minimum absolute atomic E-state index is 0.232. The molecular formula is C21H17F2N3O. The van der Waals surface area contributed by atoms with Gasteiger partial charge in [-0.25, -0.2) is 4.39 Å². The Morgan fingerprint density at radius 1 is 0.926 bits per heavy atom. The zero-order valence-corrected chi connectivity index (χ0v) is 14.5. The Morgan fingerprint density at radius 2 is 1.70 bits per heavy atom. The highest BCUT2D eigenvalue weighted by Gasteiger charge is 2.22. The van der Waals surface area contributed by atoms with Gasteiger partial charge in [-0.05, 0) is 42.0 Å². The topological polar surface area (TPSA) is 39.9 Å². The van der Waals surface area contributed by atoms with Crippen LogP contribution in [-0.2, 0) is 0 Å². The number of aromatic nitrogens is 3. The Morgan fingerprint density at radius 3 is 2.44 bits per heavy atom. The fraction of sp³-hybridized carbons (Fsp3) is 0.143. The van der Waals surface area contributed by atoms with Crippen molar-refractivity contribution in [2.24, 2.45) is 0 Å². The summed E-state index contributed by atoms with van der Waals surface area (Å²) in [6.07, 6.45) is 5.39. The van der Waals surface area contributed by atoms with Crippen molar-refractivity contribution in [1.82, 2.24) is 14.7 Å². The summed E-state index contributed by atoms with van der Waals surface area (Å²) in [5.41, 5.74) is 4.80. The lowest BCUT2D eigenvalue weighted by Gasteiger charge is -2.13. The molecule has 0 saturated carbocycles. The molecule has 0 spiro atoms. The Balaban J connectivity index is 2.01. The van der Waals surface area contributed by atoms with E-state index in [1.165, 1.54) is 12.1 Å². The molecule has 136 valence electrons. The Bertz CT molecular complexity index is 1050. The van der Waals surface area contributed by atoms with Crippen LogP contribution in [0, 0.1) is 5.82 Å². The van der Waals surface area contributed by atoms with Crippen LogP contribution in [0.15, 0.2) is 67.1 Å². The van der Waals surface area contributed by atoms with Gasteiger partial charge in [0.2, 0.25) is 0 Å². The lowest BCUT2D eigenvalue weighted by Crippen LogP contribution is -2.14. The summed E-state index contributed by atoms with van der Waals surface area (Å²) < 4.78 is 27.7. The predicted molar refractivity (Wildman–Crippen MR) is 100 cm³/mol. The highest BCUT2D eigenvalue weighted by molar-refractivity contribution is 6.01. The van der Waals surface area contributed by atoms with Crippen LogP contribution in [0.4, 0.5) is 8.78 Å². The predicted octanol–water partition coefficient (Wildman–Crippen LogP) is 4.69. The molecule has 3 aromatic heterocycles. The van der Waals surface area contributed by atoms with Crippen molar-refractivity contribution in [3.63, 3.8) is 0 Å². The fourth-order valence-corrected chi connectivity index (χ4v) is 3.09. The first-order chi connectivity index (χ1) is 13.3. The highest BCUT2D eigenvalue weighted by atomic mass is 19.1. The number of rotatable bonds is 6. The SMILES string of the molecule is FCCCOn1c(-c2ccncc2)c(-c2ccc(F)cc2)c2ncccc21. The van der Waals surface area contributed by atoms with Crippen LogP contribution >= 0.6 is 0 Å². The molecule has 0 aliphatic heterocycles. The van der Waals surface area contributed by atoms with Gasteiger partial charge in [0.15, 0.2) is 0 Å². The monoisotopic (exact) mass is 365 g/mol. The van der Waals surface area contributed by atoms with Crippen LogP contribution in [0.1, 0.15) is 6.42 Å². The van der Waals surface area contributed by atoms with Crippen molar-refractivity contribution in [3.8, 4) is 22.4 Å². The van der Waals surface area contributed by atoms with Crippen molar-refractivity contribution in [2.75, 3.05) is 13.3 Å². The summed E-state index contributed by atoms with van der Waals surface area (Å²) in [6.45, 7) is -0.219. The lowest BCUT2D eigenvalue weighted by atomic mass is 10.0. The van der Waals surface area contributed by atoms with E-state index in [1.807, 2.05) is 24.3 Å². The van der Waals surface area contributed by atoms with E-state index in [4.69, 9.17) is 4.84 Å². The number of hydrogen-bond donors (Lipinski definition) is 0. The maximum atomic E-state index is 13.5. The maximum Gasteiger partial charge on any atom is 0.123 e. The number of pyridine rings is 2. The molecule has 3 heterocycles. The van der Waals surface area contributed by atoms with Gasteiger partial charge >= 0.3 is 0 Å². The number of alkyl halides is 1. The number of benzene rings is 1. The molecule has 1 aromatic carbocycles. The molecule has 0 fully saturated rings. The summed E-state index contributed by atoms with van der Waals surface area (Å²) in [4.78, 5) is 14.5. The van der Waals surface area contributed by atoms with Crippen LogP contribution in [0.5, 0.6) is 0 Å². The first-order valence-electron chi connectivity index (χ1n) is 8.64. The number of fused-ring (bicyclic) bond motifs is 1. The van der Waals surface area contributed by atoms with Gasteiger partial charge in [-0.2, -0.15) is 4.73 Å². The van der Waals surface area contributed by atoms with E-state index in [-0.39, 0.29) is 12.4 Å². The van der Waals surface area contributed by atoms with Gasteiger partial charge in [-0.15, -0.1) is 0 Å². The molecule has 0 aliphatic rings. The molecule has 4 rings (SSSR count). The molecular weight excluding hydrogens is 348 g/mol.